The van der Waals surface area contributed by atoms with E-state index in [0.29, 0.717) is 34.6 Å². The van der Waals surface area contributed by atoms with Crippen molar-refractivity contribution in [1.82, 2.24) is 0 Å². The molecule has 1 amide bonds. The molecule has 2 heterocycles. The molecule has 0 saturated carbocycles. The molecule has 5 rings (SSSR count). The Kier molecular flexibility index (Phi) is 6.04. The van der Waals surface area contributed by atoms with Gasteiger partial charge in [0.1, 0.15) is 5.76 Å². The van der Waals surface area contributed by atoms with E-state index in [1.807, 2.05) is 48.5 Å². The maximum atomic E-state index is 13.4. The number of carbonyl (C=O) groups excluding carboxylic acids is 2. The Morgan fingerprint density at radius 3 is 2.03 bits per heavy atom. The van der Waals surface area contributed by atoms with E-state index in [-0.39, 0.29) is 18.1 Å². The van der Waals surface area contributed by atoms with Crippen LogP contribution in [0.2, 0.25) is 0 Å². The minimum Gasteiger partial charge on any atom is -0.507 e. The molecule has 3 aromatic rings. The van der Waals surface area contributed by atoms with Gasteiger partial charge in [0.25, 0.3) is 11.7 Å². The van der Waals surface area contributed by atoms with Crippen LogP contribution in [0.3, 0.4) is 0 Å². The van der Waals surface area contributed by atoms with E-state index < -0.39 is 17.7 Å². The maximum absolute atomic E-state index is 13.4. The van der Waals surface area contributed by atoms with Crippen molar-refractivity contribution < 1.29 is 24.2 Å². The number of ether oxygens (including phenoxy) is 2. The van der Waals surface area contributed by atoms with Gasteiger partial charge in [-0.15, -0.1) is 0 Å². The number of hydrogen-bond donors (Lipinski definition) is 1. The highest BCUT2D eigenvalue weighted by Crippen LogP contribution is 2.43. The molecule has 36 heavy (non-hydrogen) atoms. The number of carbonyl (C=O) groups is 2. The third kappa shape index (κ3) is 4.02. The van der Waals surface area contributed by atoms with Crippen LogP contribution < -0.4 is 14.4 Å². The summed E-state index contributed by atoms with van der Waals surface area (Å²) in [6.45, 7) is 8.51. The van der Waals surface area contributed by atoms with Crippen LogP contribution in [0.1, 0.15) is 67.8 Å². The molecule has 1 fully saturated rings. The average Bonchev–Trinajstić information content (AvgIpc) is 3.45. The number of aliphatic hydroxyl groups is 1. The predicted octanol–water partition coefficient (Wildman–Crippen LogP) is 6.29. The van der Waals surface area contributed by atoms with E-state index in [1.165, 1.54) is 4.90 Å². The first-order chi connectivity index (χ1) is 17.3. The van der Waals surface area contributed by atoms with Crippen LogP contribution in [0.4, 0.5) is 5.69 Å². The first kappa shape index (κ1) is 23.7. The zero-order valence-corrected chi connectivity index (χ0v) is 20.8. The summed E-state index contributed by atoms with van der Waals surface area (Å²) < 4.78 is 10.8. The lowest BCUT2D eigenvalue weighted by molar-refractivity contribution is -0.132. The Hall–Kier alpha value is -4.06. The number of ketones is 1. The Morgan fingerprint density at radius 2 is 1.42 bits per heavy atom. The zero-order chi connectivity index (χ0) is 25.6. The molecule has 0 bridgehead atoms. The molecule has 184 valence electrons. The summed E-state index contributed by atoms with van der Waals surface area (Å²) in [6, 6.07) is 19.7. The van der Waals surface area contributed by atoms with Crippen molar-refractivity contribution in [1.29, 1.82) is 0 Å². The van der Waals surface area contributed by atoms with Crippen LogP contribution in [0.25, 0.3) is 5.76 Å². The average molecular weight is 484 g/mol. The monoisotopic (exact) mass is 483 g/mol. The van der Waals surface area contributed by atoms with Gasteiger partial charge >= 0.3 is 0 Å². The minimum absolute atomic E-state index is 0.0455. The molecule has 0 aromatic heterocycles. The lowest BCUT2D eigenvalue weighted by Gasteiger charge is -2.26. The number of aliphatic hydroxyl groups excluding tert-OH is 1. The smallest absolute Gasteiger partial charge is 0.300 e. The second kappa shape index (κ2) is 9.19. The number of rotatable bonds is 5. The summed E-state index contributed by atoms with van der Waals surface area (Å²) in [5.74, 6) is 0.0744. The molecule has 1 unspecified atom stereocenters. The summed E-state index contributed by atoms with van der Waals surface area (Å²) >= 11 is 0. The van der Waals surface area contributed by atoms with Gasteiger partial charge in [0.2, 0.25) is 6.79 Å². The van der Waals surface area contributed by atoms with E-state index in [1.54, 1.807) is 18.2 Å². The van der Waals surface area contributed by atoms with Gasteiger partial charge in [0.15, 0.2) is 11.5 Å². The third-order valence-electron chi connectivity index (χ3n) is 6.85. The van der Waals surface area contributed by atoms with Crippen LogP contribution in [0.15, 0.2) is 72.3 Å². The molecule has 1 N–H and O–H groups in total. The fourth-order valence-corrected chi connectivity index (χ4v) is 4.70. The Bertz CT molecular complexity index is 1350. The molecule has 6 heteroatoms. The predicted molar refractivity (Wildman–Crippen MR) is 138 cm³/mol. The first-order valence-electron chi connectivity index (χ1n) is 12.2. The Labute approximate surface area is 210 Å². The van der Waals surface area contributed by atoms with Gasteiger partial charge in [-0.1, -0.05) is 64.1 Å². The number of benzene rings is 3. The van der Waals surface area contributed by atoms with Gasteiger partial charge in [0.05, 0.1) is 11.6 Å². The summed E-state index contributed by atoms with van der Waals surface area (Å²) in [5.41, 5.74) is 4.06. The van der Waals surface area contributed by atoms with E-state index >= 15 is 0 Å². The third-order valence-corrected chi connectivity index (χ3v) is 6.85. The van der Waals surface area contributed by atoms with Crippen molar-refractivity contribution in [2.45, 2.75) is 45.6 Å². The summed E-state index contributed by atoms with van der Waals surface area (Å²) in [7, 11) is 0. The molecular formula is C30H29NO5. The highest BCUT2D eigenvalue weighted by atomic mass is 16.7. The molecule has 6 nitrogen and oxygen atoms in total. The molecule has 0 aliphatic carbocycles. The van der Waals surface area contributed by atoms with Gasteiger partial charge in [-0.3, -0.25) is 14.5 Å². The molecular weight excluding hydrogens is 454 g/mol. The summed E-state index contributed by atoms with van der Waals surface area (Å²) in [5, 5.41) is 11.4. The summed E-state index contributed by atoms with van der Waals surface area (Å²) in [6.07, 6.45) is 0. The topological polar surface area (TPSA) is 76.1 Å². The van der Waals surface area contributed by atoms with Crippen LogP contribution in [-0.4, -0.2) is 23.6 Å². The Balaban J connectivity index is 1.66. The van der Waals surface area contributed by atoms with Gasteiger partial charge in [-0.25, -0.2) is 0 Å². The second-order valence-corrected chi connectivity index (χ2v) is 9.80. The zero-order valence-electron chi connectivity index (χ0n) is 20.8. The molecule has 0 radical (unpaired) electrons. The number of hydrogen-bond acceptors (Lipinski definition) is 5. The molecule has 2 aliphatic heterocycles. The molecule has 2 aliphatic rings. The largest absolute Gasteiger partial charge is 0.507 e. The fourth-order valence-electron chi connectivity index (χ4n) is 4.70. The molecule has 3 aromatic carbocycles. The van der Waals surface area contributed by atoms with E-state index in [0.717, 1.165) is 16.7 Å². The normalized spacial score (nSPS) is 18.5. The number of anilines is 1. The van der Waals surface area contributed by atoms with Gasteiger partial charge in [-0.05, 0) is 58.9 Å². The number of fused-ring (bicyclic) bond motifs is 1. The van der Waals surface area contributed by atoms with E-state index in [2.05, 4.69) is 27.7 Å². The van der Waals surface area contributed by atoms with E-state index in [9.17, 15) is 14.7 Å². The van der Waals surface area contributed by atoms with Crippen LogP contribution >= 0.6 is 0 Å². The lowest BCUT2D eigenvalue weighted by atomic mass is 9.93. The maximum Gasteiger partial charge on any atom is 0.300 e. The van der Waals surface area contributed by atoms with Gasteiger partial charge < -0.3 is 14.6 Å². The highest BCUT2D eigenvalue weighted by molar-refractivity contribution is 6.51. The van der Waals surface area contributed by atoms with Crippen molar-refractivity contribution in [3.63, 3.8) is 0 Å². The fraction of sp³-hybridized carbons (Fsp3) is 0.267. The second-order valence-electron chi connectivity index (χ2n) is 9.80. The van der Waals surface area contributed by atoms with Crippen LogP contribution in [-0.2, 0) is 9.59 Å². The quantitative estimate of drug-likeness (QED) is 0.262. The van der Waals surface area contributed by atoms with Crippen molar-refractivity contribution in [3.8, 4) is 11.5 Å². The lowest BCUT2D eigenvalue weighted by Crippen LogP contribution is -2.29. The molecule has 1 saturated heterocycles. The SMILES string of the molecule is CC(C)c1ccc(C2/C(=C(/O)c3ccc4c(c3)OCO4)C(=O)C(=O)N2c2ccc(C(C)C)cc2)cc1. The number of Topliss-reactive ketones (excluding diaryl/α,β-unsaturated/α-hetero) is 1. The van der Waals surface area contributed by atoms with Crippen molar-refractivity contribution in [2.75, 3.05) is 11.7 Å². The van der Waals surface area contributed by atoms with E-state index in [4.69, 9.17) is 9.47 Å². The highest BCUT2D eigenvalue weighted by Gasteiger charge is 2.47. The van der Waals surface area contributed by atoms with Crippen LogP contribution in [0, 0.1) is 0 Å². The number of nitrogens with zero attached hydrogens (tertiary/aromatic N) is 1. The van der Waals surface area contributed by atoms with Crippen molar-refractivity contribution in [2.24, 2.45) is 0 Å². The summed E-state index contributed by atoms with van der Waals surface area (Å²) in [4.78, 5) is 28.3. The Morgan fingerprint density at radius 1 is 0.833 bits per heavy atom. The first-order valence-corrected chi connectivity index (χ1v) is 12.2. The van der Waals surface area contributed by atoms with Crippen molar-refractivity contribution in [3.05, 3.63) is 94.6 Å². The van der Waals surface area contributed by atoms with Gasteiger partial charge in [-0.2, -0.15) is 0 Å². The van der Waals surface area contributed by atoms with Crippen molar-refractivity contribution >= 4 is 23.1 Å². The minimum atomic E-state index is -0.776. The molecule has 1 atom stereocenters. The molecule has 0 spiro atoms. The standard InChI is InChI=1S/C30H29NO5/c1-17(2)19-5-7-21(8-6-19)27-26(28(32)22-11-14-24-25(15-22)36-16-35-24)29(33)30(34)31(27)23-12-9-20(10-13-23)18(3)4/h5-15,17-18,27,32H,16H2,1-4H3/b28-26-. The number of amides is 1. The van der Waals surface area contributed by atoms with Crippen LogP contribution in [0.5, 0.6) is 11.5 Å². The van der Waals surface area contributed by atoms with Gasteiger partial charge in [0, 0.05) is 11.3 Å².